The lowest BCUT2D eigenvalue weighted by Crippen LogP contribution is -2.49. The normalized spacial score (nSPS) is 26.7. The molecule has 2 aliphatic rings. The van der Waals surface area contributed by atoms with Crippen LogP contribution in [-0.4, -0.2) is 24.9 Å². The van der Waals surface area contributed by atoms with Gasteiger partial charge in [-0.3, -0.25) is 0 Å². The van der Waals surface area contributed by atoms with E-state index in [2.05, 4.69) is 13.8 Å². The van der Waals surface area contributed by atoms with Crippen LogP contribution in [0.1, 0.15) is 61.5 Å². The van der Waals surface area contributed by atoms with Crippen molar-refractivity contribution in [3.8, 4) is 0 Å². The fraction of sp³-hybridized carbons (Fsp3) is 0.394. The summed E-state index contributed by atoms with van der Waals surface area (Å²) in [5.74, 6) is -0.170. The molecule has 0 amide bonds. The summed E-state index contributed by atoms with van der Waals surface area (Å²) in [6, 6.07) is 27.6. The van der Waals surface area contributed by atoms with Gasteiger partial charge in [-0.1, -0.05) is 98.8 Å². The van der Waals surface area contributed by atoms with E-state index >= 15 is 4.39 Å². The van der Waals surface area contributed by atoms with Crippen molar-refractivity contribution in [3.05, 3.63) is 113 Å². The molecule has 0 aromatic heterocycles. The van der Waals surface area contributed by atoms with Crippen LogP contribution in [0.2, 0.25) is 0 Å². The van der Waals surface area contributed by atoms with Crippen LogP contribution < -0.4 is 0 Å². The second-order valence-corrected chi connectivity index (χ2v) is 10.2. The zero-order chi connectivity index (χ0) is 26.3. The maximum Gasteiger partial charge on any atom is 0.171 e. The summed E-state index contributed by atoms with van der Waals surface area (Å²) in [4.78, 5) is 0. The molecule has 5 atom stereocenters. The van der Waals surface area contributed by atoms with E-state index < -0.39 is 11.9 Å². The van der Waals surface area contributed by atoms with Gasteiger partial charge < -0.3 is 18.9 Å². The van der Waals surface area contributed by atoms with E-state index in [4.69, 9.17) is 18.9 Å². The highest BCUT2D eigenvalue weighted by molar-refractivity contribution is 5.66. The maximum atomic E-state index is 16.6. The molecule has 3 aromatic carbocycles. The molecular weight excluding hydrogens is 479 g/mol. The molecule has 0 spiro atoms. The van der Waals surface area contributed by atoms with Gasteiger partial charge in [0.1, 0.15) is 12.2 Å². The first-order valence-corrected chi connectivity index (χ1v) is 13.7. The lowest BCUT2D eigenvalue weighted by Gasteiger charge is -2.42. The predicted octanol–water partition coefficient (Wildman–Crippen LogP) is 7.79. The van der Waals surface area contributed by atoms with Crippen molar-refractivity contribution < 1.29 is 23.3 Å². The molecule has 1 unspecified atom stereocenters. The SMILES string of the molecule is CC[C@H]1O/C(=C(\F)c2ccccc2C2CCCO2)[C@H](OCc2ccccc2)[C@@H](OCc2ccccc2)[C@@H]1C. The van der Waals surface area contributed by atoms with Crippen LogP contribution in [0.4, 0.5) is 4.39 Å². The van der Waals surface area contributed by atoms with Gasteiger partial charge in [0.05, 0.1) is 25.4 Å². The zero-order valence-corrected chi connectivity index (χ0v) is 22.2. The average molecular weight is 517 g/mol. The molecule has 0 saturated carbocycles. The second kappa shape index (κ2) is 12.7. The Morgan fingerprint density at radius 1 is 0.868 bits per heavy atom. The fourth-order valence-corrected chi connectivity index (χ4v) is 5.48. The van der Waals surface area contributed by atoms with Gasteiger partial charge in [-0.2, -0.15) is 0 Å². The Morgan fingerprint density at radius 3 is 2.13 bits per heavy atom. The summed E-state index contributed by atoms with van der Waals surface area (Å²) in [7, 11) is 0. The van der Waals surface area contributed by atoms with E-state index in [0.29, 0.717) is 25.4 Å². The Bertz CT molecular complexity index is 1190. The van der Waals surface area contributed by atoms with Crippen molar-refractivity contribution in [1.82, 2.24) is 0 Å². The van der Waals surface area contributed by atoms with E-state index in [1.165, 1.54) is 0 Å². The molecule has 5 rings (SSSR count). The highest BCUT2D eigenvalue weighted by Gasteiger charge is 2.44. The van der Waals surface area contributed by atoms with Crippen molar-refractivity contribution in [2.75, 3.05) is 6.61 Å². The molecule has 2 aliphatic heterocycles. The monoisotopic (exact) mass is 516 g/mol. The van der Waals surface area contributed by atoms with Crippen LogP contribution in [0.3, 0.4) is 0 Å². The van der Waals surface area contributed by atoms with Gasteiger partial charge in [-0.05, 0) is 36.0 Å². The first kappa shape index (κ1) is 26.6. The molecular formula is C33H37FO4. The predicted molar refractivity (Wildman–Crippen MR) is 147 cm³/mol. The van der Waals surface area contributed by atoms with Gasteiger partial charge in [-0.15, -0.1) is 0 Å². The molecule has 38 heavy (non-hydrogen) atoms. The van der Waals surface area contributed by atoms with Gasteiger partial charge in [-0.25, -0.2) is 4.39 Å². The van der Waals surface area contributed by atoms with Crippen LogP contribution in [0.15, 0.2) is 90.7 Å². The molecule has 0 bridgehead atoms. The van der Waals surface area contributed by atoms with Crippen molar-refractivity contribution in [3.63, 3.8) is 0 Å². The summed E-state index contributed by atoms with van der Waals surface area (Å²) in [6.45, 7) is 5.61. The number of halogens is 1. The van der Waals surface area contributed by atoms with Crippen molar-refractivity contribution in [2.45, 2.75) is 70.7 Å². The third-order valence-electron chi connectivity index (χ3n) is 7.59. The number of ether oxygens (including phenoxy) is 4. The Balaban J connectivity index is 1.52. The molecule has 200 valence electrons. The third kappa shape index (κ3) is 6.01. The minimum atomic E-state index is -0.700. The van der Waals surface area contributed by atoms with Crippen molar-refractivity contribution in [1.29, 1.82) is 0 Å². The molecule has 5 heteroatoms. The van der Waals surface area contributed by atoms with Crippen LogP contribution in [0, 0.1) is 5.92 Å². The second-order valence-electron chi connectivity index (χ2n) is 10.2. The largest absolute Gasteiger partial charge is 0.488 e. The molecule has 2 fully saturated rings. The molecule has 4 nitrogen and oxygen atoms in total. The Hall–Kier alpha value is -2.99. The topological polar surface area (TPSA) is 36.9 Å². The molecule has 3 aromatic rings. The number of hydrogen-bond acceptors (Lipinski definition) is 4. The smallest absolute Gasteiger partial charge is 0.171 e. The van der Waals surface area contributed by atoms with E-state index in [-0.39, 0.29) is 30.0 Å². The van der Waals surface area contributed by atoms with Crippen LogP contribution in [-0.2, 0) is 32.2 Å². The van der Waals surface area contributed by atoms with Crippen molar-refractivity contribution in [2.24, 2.45) is 5.92 Å². The Morgan fingerprint density at radius 2 is 1.50 bits per heavy atom. The van der Waals surface area contributed by atoms with Gasteiger partial charge in [0.25, 0.3) is 0 Å². The quantitative estimate of drug-likeness (QED) is 0.291. The summed E-state index contributed by atoms with van der Waals surface area (Å²) >= 11 is 0. The number of rotatable bonds is 9. The van der Waals surface area contributed by atoms with E-state index in [9.17, 15) is 0 Å². The summed E-state index contributed by atoms with van der Waals surface area (Å²) in [5, 5.41) is 0. The summed E-state index contributed by atoms with van der Waals surface area (Å²) < 4.78 is 42.0. The zero-order valence-electron chi connectivity index (χ0n) is 22.2. The lowest BCUT2D eigenvalue weighted by atomic mass is 9.87. The van der Waals surface area contributed by atoms with Gasteiger partial charge in [0.2, 0.25) is 0 Å². The summed E-state index contributed by atoms with van der Waals surface area (Å²) in [6.07, 6.45) is 1.20. The molecule has 2 heterocycles. The number of benzene rings is 3. The Kier molecular flexibility index (Phi) is 8.90. The van der Waals surface area contributed by atoms with Gasteiger partial charge >= 0.3 is 0 Å². The molecule has 0 radical (unpaired) electrons. The van der Waals surface area contributed by atoms with E-state index in [1.54, 1.807) is 0 Å². The maximum absolute atomic E-state index is 16.6. The molecule has 0 N–H and O–H groups in total. The molecule has 2 saturated heterocycles. The Labute approximate surface area is 225 Å². The van der Waals surface area contributed by atoms with E-state index in [1.807, 2.05) is 84.9 Å². The standard InChI is InChI=1S/C33H37FO4/c1-3-28-23(2)31(36-21-24-13-6-4-7-14-24)33(37-22-25-15-8-5-9-16-25)32(38-28)30(34)27-18-11-10-17-26(27)29-19-12-20-35-29/h4-11,13-18,23,28-29,31,33H,3,12,19-22H2,1-2H3/b32-30-/t23-,28-,29?,31+,33-/m1/s1. The minimum Gasteiger partial charge on any atom is -0.488 e. The van der Waals surface area contributed by atoms with Gasteiger partial charge in [0.15, 0.2) is 11.6 Å². The van der Waals surface area contributed by atoms with Crippen LogP contribution >= 0.6 is 0 Å². The van der Waals surface area contributed by atoms with Gasteiger partial charge in [0, 0.05) is 18.1 Å². The highest BCUT2D eigenvalue weighted by atomic mass is 19.1. The molecule has 0 aliphatic carbocycles. The van der Waals surface area contributed by atoms with Crippen LogP contribution in [0.5, 0.6) is 0 Å². The first-order chi connectivity index (χ1) is 18.7. The van der Waals surface area contributed by atoms with Crippen LogP contribution in [0.25, 0.3) is 5.83 Å². The summed E-state index contributed by atoms with van der Waals surface area (Å²) in [5.41, 5.74) is 3.44. The minimum absolute atomic E-state index is 0.00875. The third-order valence-corrected chi connectivity index (χ3v) is 7.59. The fourth-order valence-electron chi connectivity index (χ4n) is 5.48. The number of hydrogen-bond donors (Lipinski definition) is 0. The van der Waals surface area contributed by atoms with Crippen molar-refractivity contribution >= 4 is 5.83 Å². The highest BCUT2D eigenvalue weighted by Crippen LogP contribution is 2.41. The average Bonchev–Trinajstić information content (AvgIpc) is 3.51. The first-order valence-electron chi connectivity index (χ1n) is 13.7. The lowest BCUT2D eigenvalue weighted by molar-refractivity contribution is -0.167. The van der Waals surface area contributed by atoms with E-state index in [0.717, 1.165) is 36.0 Å².